The number of hydrogen-bond donors (Lipinski definition) is 3. The molecule has 0 atom stereocenters. The van der Waals surface area contributed by atoms with Crippen LogP contribution in [0.5, 0.6) is 5.75 Å². The number of aromatic nitrogens is 1. The Balaban J connectivity index is 2.22. The van der Waals surface area contributed by atoms with Crippen molar-refractivity contribution in [1.29, 1.82) is 0 Å². The molecule has 0 aliphatic rings. The fourth-order valence-electron chi connectivity index (χ4n) is 1.67. The van der Waals surface area contributed by atoms with Crippen molar-refractivity contribution in [2.45, 2.75) is 6.92 Å². The van der Waals surface area contributed by atoms with Gasteiger partial charge in [-0.15, -0.1) is 0 Å². The zero-order chi connectivity index (χ0) is 14.5. The molecule has 1 amide bonds. The van der Waals surface area contributed by atoms with Crippen molar-refractivity contribution in [1.82, 2.24) is 4.98 Å². The average Bonchev–Trinajstić information content (AvgIpc) is 2.47. The van der Waals surface area contributed by atoms with Gasteiger partial charge in [0.25, 0.3) is 5.91 Å². The largest absolute Gasteiger partial charge is 0.507 e. The van der Waals surface area contributed by atoms with E-state index in [0.29, 0.717) is 16.8 Å². The van der Waals surface area contributed by atoms with Crippen LogP contribution in [0.1, 0.15) is 22.8 Å². The molecule has 20 heavy (non-hydrogen) atoms. The summed E-state index contributed by atoms with van der Waals surface area (Å²) in [6.07, 6.45) is 3.13. The number of pyridine rings is 1. The molecule has 6 nitrogen and oxygen atoms in total. The third-order valence-electron chi connectivity index (χ3n) is 2.74. The quantitative estimate of drug-likeness (QED) is 0.453. The molecule has 1 aromatic heterocycles. The van der Waals surface area contributed by atoms with E-state index in [-0.39, 0.29) is 17.4 Å². The van der Waals surface area contributed by atoms with E-state index in [1.54, 1.807) is 37.5 Å². The lowest BCUT2D eigenvalue weighted by molar-refractivity contribution is 0.102. The molecule has 1 heterocycles. The number of nitrogens with zero attached hydrogens (tertiary/aromatic N) is 2. The Hall–Kier alpha value is -2.89. The van der Waals surface area contributed by atoms with Gasteiger partial charge in [0.1, 0.15) is 5.75 Å². The summed E-state index contributed by atoms with van der Waals surface area (Å²) in [5.74, 6) is -0.473. The fraction of sp³-hybridized carbons (Fsp3) is 0.0714. The van der Waals surface area contributed by atoms with Gasteiger partial charge in [-0.3, -0.25) is 9.78 Å². The number of oxime groups is 1. The zero-order valence-corrected chi connectivity index (χ0v) is 10.7. The lowest BCUT2D eigenvalue weighted by Crippen LogP contribution is -2.12. The van der Waals surface area contributed by atoms with Crippen molar-refractivity contribution in [3.05, 3.63) is 53.9 Å². The standard InChI is InChI=1S/C14H13N3O3/c1-9(17-20)12-3-2-10(8-13(12)18)14(19)16-11-4-6-15-7-5-11/h2-8,18,20H,1H3,(H,15,16,19)/b17-9+. The first-order valence-corrected chi connectivity index (χ1v) is 5.85. The Bertz CT molecular complexity index is 654. The molecule has 3 N–H and O–H groups in total. The van der Waals surface area contributed by atoms with Crippen molar-refractivity contribution in [3.8, 4) is 5.75 Å². The van der Waals surface area contributed by atoms with Gasteiger partial charge in [-0.2, -0.15) is 0 Å². The van der Waals surface area contributed by atoms with E-state index in [4.69, 9.17) is 5.21 Å². The topological polar surface area (TPSA) is 94.8 Å². The van der Waals surface area contributed by atoms with E-state index in [1.807, 2.05) is 0 Å². The first kappa shape index (κ1) is 13.5. The van der Waals surface area contributed by atoms with Crippen LogP contribution in [0.3, 0.4) is 0 Å². The lowest BCUT2D eigenvalue weighted by Gasteiger charge is -2.07. The maximum Gasteiger partial charge on any atom is 0.255 e. The maximum absolute atomic E-state index is 12.0. The zero-order valence-electron chi connectivity index (χ0n) is 10.7. The van der Waals surface area contributed by atoms with E-state index in [2.05, 4.69) is 15.5 Å². The summed E-state index contributed by atoms with van der Waals surface area (Å²) in [4.78, 5) is 15.8. The van der Waals surface area contributed by atoms with E-state index in [9.17, 15) is 9.90 Å². The Morgan fingerprint density at radius 3 is 2.55 bits per heavy atom. The van der Waals surface area contributed by atoms with Crippen LogP contribution < -0.4 is 5.32 Å². The maximum atomic E-state index is 12.0. The smallest absolute Gasteiger partial charge is 0.255 e. The number of hydrogen-bond acceptors (Lipinski definition) is 5. The molecule has 0 saturated carbocycles. The predicted octanol–water partition coefficient (Wildman–Crippen LogP) is 2.24. The number of nitrogens with one attached hydrogen (secondary N) is 1. The minimum Gasteiger partial charge on any atom is -0.507 e. The van der Waals surface area contributed by atoms with Gasteiger partial charge in [0.15, 0.2) is 0 Å². The molecular weight excluding hydrogens is 258 g/mol. The Morgan fingerprint density at radius 2 is 1.95 bits per heavy atom. The first-order chi connectivity index (χ1) is 9.61. The summed E-state index contributed by atoms with van der Waals surface area (Å²) in [5, 5.41) is 24.2. The molecule has 0 aliphatic carbocycles. The molecule has 0 bridgehead atoms. The molecule has 6 heteroatoms. The summed E-state index contributed by atoms with van der Waals surface area (Å²) in [5.41, 5.74) is 1.55. The Morgan fingerprint density at radius 1 is 1.25 bits per heavy atom. The first-order valence-electron chi connectivity index (χ1n) is 5.85. The van der Waals surface area contributed by atoms with Gasteiger partial charge < -0.3 is 15.6 Å². The van der Waals surface area contributed by atoms with E-state index in [0.717, 1.165) is 0 Å². The second-order valence-corrected chi connectivity index (χ2v) is 4.11. The molecule has 1 aromatic carbocycles. The van der Waals surface area contributed by atoms with E-state index < -0.39 is 0 Å². The molecule has 0 aliphatic heterocycles. The van der Waals surface area contributed by atoms with Crippen molar-refractivity contribution < 1.29 is 15.1 Å². The Labute approximate surface area is 115 Å². The van der Waals surface area contributed by atoms with Crippen LogP contribution in [0.15, 0.2) is 47.9 Å². The molecule has 0 fully saturated rings. The van der Waals surface area contributed by atoms with Gasteiger partial charge in [0.2, 0.25) is 0 Å². The molecule has 0 spiro atoms. The SMILES string of the molecule is C/C(=N\O)c1ccc(C(=O)Nc2ccncc2)cc1O. The van der Waals surface area contributed by atoms with Gasteiger partial charge >= 0.3 is 0 Å². The number of phenolic OH excluding ortho intramolecular Hbond substituents is 1. The fourth-order valence-corrected chi connectivity index (χ4v) is 1.67. The van der Waals surface area contributed by atoms with Gasteiger partial charge in [-0.05, 0) is 37.3 Å². The average molecular weight is 271 g/mol. The van der Waals surface area contributed by atoms with E-state index in [1.165, 1.54) is 12.1 Å². The second-order valence-electron chi connectivity index (χ2n) is 4.11. The normalized spacial score (nSPS) is 11.2. The molecule has 0 unspecified atom stereocenters. The summed E-state index contributed by atoms with van der Waals surface area (Å²) in [6.45, 7) is 1.55. The van der Waals surface area contributed by atoms with Gasteiger partial charge in [0.05, 0.1) is 5.71 Å². The molecule has 2 aromatic rings. The molecule has 0 radical (unpaired) electrons. The van der Waals surface area contributed by atoms with Crippen LogP contribution >= 0.6 is 0 Å². The highest BCUT2D eigenvalue weighted by Gasteiger charge is 2.11. The van der Waals surface area contributed by atoms with Crippen molar-refractivity contribution in [2.75, 3.05) is 5.32 Å². The van der Waals surface area contributed by atoms with Crippen molar-refractivity contribution in [2.24, 2.45) is 5.16 Å². The molecular formula is C14H13N3O3. The van der Waals surface area contributed by atoms with Gasteiger partial charge in [0, 0.05) is 29.2 Å². The highest BCUT2D eigenvalue weighted by molar-refractivity contribution is 6.06. The third-order valence-corrected chi connectivity index (χ3v) is 2.74. The van der Waals surface area contributed by atoms with Crippen molar-refractivity contribution in [3.63, 3.8) is 0 Å². The summed E-state index contributed by atoms with van der Waals surface area (Å²) < 4.78 is 0. The van der Waals surface area contributed by atoms with Crippen LogP contribution in [-0.4, -0.2) is 26.9 Å². The monoisotopic (exact) mass is 271 g/mol. The number of carbonyl (C=O) groups excluding carboxylic acids is 1. The van der Waals surface area contributed by atoms with Crippen LogP contribution in [0.4, 0.5) is 5.69 Å². The van der Waals surface area contributed by atoms with Crippen LogP contribution in [0.25, 0.3) is 0 Å². The van der Waals surface area contributed by atoms with Crippen LogP contribution in [-0.2, 0) is 0 Å². The summed E-state index contributed by atoms with van der Waals surface area (Å²) in [7, 11) is 0. The predicted molar refractivity (Wildman–Crippen MR) is 74.3 cm³/mol. The number of anilines is 1. The second kappa shape index (κ2) is 5.83. The number of benzene rings is 1. The molecule has 0 saturated heterocycles. The van der Waals surface area contributed by atoms with Crippen molar-refractivity contribution >= 4 is 17.3 Å². The van der Waals surface area contributed by atoms with Gasteiger partial charge in [-0.25, -0.2) is 0 Å². The van der Waals surface area contributed by atoms with Crippen LogP contribution in [0.2, 0.25) is 0 Å². The van der Waals surface area contributed by atoms with Gasteiger partial charge in [-0.1, -0.05) is 5.16 Å². The highest BCUT2D eigenvalue weighted by Crippen LogP contribution is 2.20. The number of aromatic hydroxyl groups is 1. The summed E-state index contributed by atoms with van der Waals surface area (Å²) in [6, 6.07) is 7.70. The highest BCUT2D eigenvalue weighted by atomic mass is 16.4. The lowest BCUT2D eigenvalue weighted by atomic mass is 10.1. The summed E-state index contributed by atoms with van der Waals surface area (Å²) >= 11 is 0. The minimum absolute atomic E-state index is 0.123. The molecule has 2 rings (SSSR count). The number of phenols is 1. The minimum atomic E-state index is -0.350. The number of carbonyl (C=O) groups is 1. The third kappa shape index (κ3) is 2.92. The van der Waals surface area contributed by atoms with E-state index >= 15 is 0 Å². The number of amides is 1. The number of rotatable bonds is 3. The molecule has 102 valence electrons. The Kier molecular flexibility index (Phi) is 3.95. The van der Waals surface area contributed by atoms with Crippen LogP contribution in [0, 0.1) is 0 Å².